The smallest absolute Gasteiger partial charge is 0.348 e. The molecule has 0 aliphatic heterocycles. The predicted molar refractivity (Wildman–Crippen MR) is 54.3 cm³/mol. The highest BCUT2D eigenvalue weighted by Crippen LogP contribution is 2.01. The number of hydrogen-bond acceptors (Lipinski definition) is 4. The van der Waals surface area contributed by atoms with Gasteiger partial charge in [-0.15, -0.1) is 0 Å². The van der Waals surface area contributed by atoms with E-state index in [4.69, 9.17) is 10.5 Å². The molecule has 0 saturated carbocycles. The van der Waals surface area contributed by atoms with Gasteiger partial charge in [-0.3, -0.25) is 0 Å². The summed E-state index contributed by atoms with van der Waals surface area (Å²) < 4.78 is 4.66. The minimum absolute atomic E-state index is 0.0289. The molecule has 0 aromatic rings. The molecule has 0 amide bonds. The molecule has 0 spiro atoms. The third kappa shape index (κ3) is 5.28. The van der Waals surface area contributed by atoms with E-state index in [1.54, 1.807) is 26.0 Å². The molecule has 0 rings (SSSR count). The molecular weight excluding hydrogens is 192 g/mol. The van der Waals surface area contributed by atoms with Crippen LogP contribution in [0.2, 0.25) is 0 Å². The van der Waals surface area contributed by atoms with Gasteiger partial charge in [-0.2, -0.15) is 10.5 Å². The number of nitriles is 2. The SMILES string of the molecule is CCOC(=O)/C(C#N)=C/C/C=C(/C)C#N. The minimum atomic E-state index is -0.622. The van der Waals surface area contributed by atoms with Gasteiger partial charge in [0.15, 0.2) is 0 Å². The second-order valence-corrected chi connectivity index (χ2v) is 2.68. The fourth-order valence-corrected chi connectivity index (χ4v) is 0.783. The zero-order valence-electron chi connectivity index (χ0n) is 8.78. The van der Waals surface area contributed by atoms with E-state index in [1.807, 2.05) is 6.07 Å². The Labute approximate surface area is 89.1 Å². The molecule has 4 heteroatoms. The summed E-state index contributed by atoms with van der Waals surface area (Å²) in [5.74, 6) is -0.622. The van der Waals surface area contributed by atoms with Crippen LogP contribution in [0.25, 0.3) is 0 Å². The summed E-state index contributed by atoms with van der Waals surface area (Å²) in [4.78, 5) is 11.1. The van der Waals surface area contributed by atoms with Crippen molar-refractivity contribution >= 4 is 5.97 Å². The number of allylic oxidation sites excluding steroid dienone is 3. The zero-order chi connectivity index (χ0) is 11.7. The van der Waals surface area contributed by atoms with E-state index >= 15 is 0 Å². The average molecular weight is 204 g/mol. The van der Waals surface area contributed by atoms with Crippen LogP contribution in [0.1, 0.15) is 20.3 Å². The largest absolute Gasteiger partial charge is 0.462 e. The van der Waals surface area contributed by atoms with Gasteiger partial charge in [0.25, 0.3) is 0 Å². The normalized spacial score (nSPS) is 11.5. The first-order valence-electron chi connectivity index (χ1n) is 4.50. The lowest BCUT2D eigenvalue weighted by Crippen LogP contribution is -2.05. The Kier molecular flexibility index (Phi) is 6.33. The van der Waals surface area contributed by atoms with E-state index in [9.17, 15) is 4.79 Å². The van der Waals surface area contributed by atoms with Gasteiger partial charge in [0.2, 0.25) is 0 Å². The first kappa shape index (κ1) is 12.9. The van der Waals surface area contributed by atoms with Crippen molar-refractivity contribution in [3.63, 3.8) is 0 Å². The number of hydrogen-bond donors (Lipinski definition) is 0. The second kappa shape index (κ2) is 7.34. The third-order valence-corrected chi connectivity index (χ3v) is 1.54. The predicted octanol–water partition coefficient (Wildman–Crippen LogP) is 1.86. The highest BCUT2D eigenvalue weighted by atomic mass is 16.5. The molecule has 15 heavy (non-hydrogen) atoms. The van der Waals surface area contributed by atoms with Gasteiger partial charge in [0.05, 0.1) is 12.7 Å². The summed E-state index contributed by atoms with van der Waals surface area (Å²) >= 11 is 0. The van der Waals surface area contributed by atoms with Gasteiger partial charge >= 0.3 is 5.97 Å². The van der Waals surface area contributed by atoms with Crippen LogP contribution >= 0.6 is 0 Å². The maximum absolute atomic E-state index is 11.1. The molecule has 0 aromatic carbocycles. The lowest BCUT2D eigenvalue weighted by atomic mass is 10.2. The van der Waals surface area contributed by atoms with Crippen LogP contribution in [0.15, 0.2) is 23.3 Å². The molecule has 0 aliphatic rings. The van der Waals surface area contributed by atoms with Crippen LogP contribution < -0.4 is 0 Å². The Bertz CT molecular complexity index is 367. The molecule has 0 aromatic heterocycles. The fourth-order valence-electron chi connectivity index (χ4n) is 0.783. The zero-order valence-corrected chi connectivity index (χ0v) is 8.78. The molecule has 0 unspecified atom stereocenters. The molecule has 0 N–H and O–H groups in total. The molecular formula is C11H12N2O2. The van der Waals surface area contributed by atoms with Crippen molar-refractivity contribution in [2.24, 2.45) is 0 Å². The van der Waals surface area contributed by atoms with E-state index in [0.717, 1.165) is 0 Å². The first-order valence-corrected chi connectivity index (χ1v) is 4.50. The van der Waals surface area contributed by atoms with Crippen molar-refractivity contribution in [3.8, 4) is 12.1 Å². The van der Waals surface area contributed by atoms with E-state index in [2.05, 4.69) is 4.74 Å². The Balaban J connectivity index is 4.45. The van der Waals surface area contributed by atoms with Crippen LogP contribution in [0.3, 0.4) is 0 Å². The summed E-state index contributed by atoms with van der Waals surface area (Å²) in [5, 5.41) is 17.1. The van der Waals surface area contributed by atoms with Crippen molar-refractivity contribution in [3.05, 3.63) is 23.3 Å². The van der Waals surface area contributed by atoms with Crippen LogP contribution in [0.5, 0.6) is 0 Å². The molecule has 0 aliphatic carbocycles. The van der Waals surface area contributed by atoms with Gasteiger partial charge in [-0.1, -0.05) is 12.2 Å². The molecule has 78 valence electrons. The molecule has 0 saturated heterocycles. The lowest BCUT2D eigenvalue weighted by molar-refractivity contribution is -0.138. The summed E-state index contributed by atoms with van der Waals surface area (Å²) in [6, 6.07) is 3.70. The van der Waals surface area contributed by atoms with Crippen LogP contribution in [0.4, 0.5) is 0 Å². The van der Waals surface area contributed by atoms with E-state index < -0.39 is 5.97 Å². The fraction of sp³-hybridized carbons (Fsp3) is 0.364. The number of carbonyl (C=O) groups excluding carboxylic acids is 1. The Morgan fingerprint density at radius 1 is 1.33 bits per heavy atom. The third-order valence-electron chi connectivity index (χ3n) is 1.54. The van der Waals surface area contributed by atoms with Crippen molar-refractivity contribution in [1.82, 2.24) is 0 Å². The molecule has 0 radical (unpaired) electrons. The summed E-state index contributed by atoms with van der Waals surface area (Å²) in [7, 11) is 0. The van der Waals surface area contributed by atoms with Gasteiger partial charge in [0, 0.05) is 5.57 Å². The topological polar surface area (TPSA) is 73.9 Å². The number of ether oxygens (including phenoxy) is 1. The molecule has 0 heterocycles. The minimum Gasteiger partial charge on any atom is -0.462 e. The average Bonchev–Trinajstić information content (AvgIpc) is 2.24. The van der Waals surface area contributed by atoms with Gasteiger partial charge in [-0.05, 0) is 20.3 Å². The van der Waals surface area contributed by atoms with Crippen molar-refractivity contribution in [1.29, 1.82) is 10.5 Å². The maximum Gasteiger partial charge on any atom is 0.348 e. The number of carbonyl (C=O) groups is 1. The number of esters is 1. The van der Waals surface area contributed by atoms with Crippen molar-refractivity contribution in [2.75, 3.05) is 6.61 Å². The van der Waals surface area contributed by atoms with E-state index in [-0.39, 0.29) is 12.2 Å². The Morgan fingerprint density at radius 3 is 2.47 bits per heavy atom. The summed E-state index contributed by atoms with van der Waals surface area (Å²) in [6.45, 7) is 3.57. The molecule has 0 fully saturated rings. The van der Waals surface area contributed by atoms with Gasteiger partial charge in [-0.25, -0.2) is 4.79 Å². The standard InChI is InChI=1S/C11H12N2O2/c1-3-15-11(14)10(8-13)6-4-5-9(2)7-12/h5-6H,3-4H2,1-2H3/b9-5-,10-6+. The summed E-state index contributed by atoms with van der Waals surface area (Å²) in [5.41, 5.74) is 0.520. The van der Waals surface area contributed by atoms with E-state index in [0.29, 0.717) is 12.0 Å². The molecule has 0 bridgehead atoms. The first-order chi connectivity index (χ1) is 7.15. The monoisotopic (exact) mass is 204 g/mol. The highest BCUT2D eigenvalue weighted by Gasteiger charge is 2.07. The Hall–Kier alpha value is -2.07. The van der Waals surface area contributed by atoms with Crippen LogP contribution in [-0.4, -0.2) is 12.6 Å². The van der Waals surface area contributed by atoms with Crippen LogP contribution in [-0.2, 0) is 9.53 Å². The van der Waals surface area contributed by atoms with Gasteiger partial charge in [0.1, 0.15) is 11.6 Å². The van der Waals surface area contributed by atoms with E-state index in [1.165, 1.54) is 6.08 Å². The van der Waals surface area contributed by atoms with Crippen molar-refractivity contribution in [2.45, 2.75) is 20.3 Å². The van der Waals surface area contributed by atoms with Gasteiger partial charge < -0.3 is 4.74 Å². The van der Waals surface area contributed by atoms with Crippen LogP contribution in [0, 0.1) is 22.7 Å². The Morgan fingerprint density at radius 2 is 2.00 bits per heavy atom. The number of rotatable bonds is 4. The quantitative estimate of drug-likeness (QED) is 0.398. The highest BCUT2D eigenvalue weighted by molar-refractivity contribution is 5.92. The lowest BCUT2D eigenvalue weighted by Gasteiger charge is -1.97. The summed E-state index contributed by atoms with van der Waals surface area (Å²) in [6.07, 6.45) is 3.45. The molecule has 4 nitrogen and oxygen atoms in total. The number of nitrogens with zero attached hydrogens (tertiary/aromatic N) is 2. The second-order valence-electron chi connectivity index (χ2n) is 2.68. The maximum atomic E-state index is 11.1. The molecule has 0 atom stereocenters. The van der Waals surface area contributed by atoms with Crippen molar-refractivity contribution < 1.29 is 9.53 Å².